The van der Waals surface area contributed by atoms with Gasteiger partial charge in [0.05, 0.1) is 0 Å². The summed E-state index contributed by atoms with van der Waals surface area (Å²) >= 11 is 0. The topological polar surface area (TPSA) is 68.1 Å². The van der Waals surface area contributed by atoms with Crippen molar-refractivity contribution < 1.29 is 13.7 Å². The van der Waals surface area contributed by atoms with E-state index in [2.05, 4.69) is 9.32 Å². The molecule has 0 unspecified atom stereocenters. The van der Waals surface area contributed by atoms with E-state index in [0.717, 1.165) is 0 Å². The molecule has 60 valence electrons. The Hall–Kier alpha value is -0.846. The molecule has 0 aliphatic heterocycles. The number of nitrogens with zero attached hydrogens (tertiary/aromatic N) is 2. The molecule has 0 aromatic rings. The molecule has 0 aromatic heterocycles. The van der Waals surface area contributed by atoms with Gasteiger partial charge in [-0.1, -0.05) is 6.55 Å². The second-order valence-electron chi connectivity index (χ2n) is 1.77. The Kier molecular flexibility index (Phi) is 4.52. The highest BCUT2D eigenvalue weighted by atomic mass is 28.4. The summed E-state index contributed by atoms with van der Waals surface area (Å²) in [5.41, 5.74) is 0. The molecule has 0 radical (unpaired) electrons. The average molecular weight is 188 g/mol. The average Bonchev–Trinajstić information content (AvgIpc) is 1.88. The molecule has 0 heterocycles. The highest BCUT2D eigenvalue weighted by Gasteiger charge is 2.28. The monoisotopic (exact) mass is 188 g/mol. The van der Waals surface area contributed by atoms with Gasteiger partial charge in [0.1, 0.15) is 9.76 Å². The fourth-order valence-corrected chi connectivity index (χ4v) is 3.63. The fraction of sp³-hybridized carbons (Fsp3) is 0.500. The summed E-state index contributed by atoms with van der Waals surface area (Å²) in [5, 5.41) is 0. The number of rotatable bonds is 4. The van der Waals surface area contributed by atoms with E-state index in [1.165, 1.54) is 12.2 Å². The van der Waals surface area contributed by atoms with Crippen molar-refractivity contribution in [2.24, 2.45) is 9.32 Å². The van der Waals surface area contributed by atoms with Crippen LogP contribution in [0.25, 0.3) is 0 Å². The van der Waals surface area contributed by atoms with Gasteiger partial charge in [0, 0.05) is 0 Å². The fourth-order valence-electron chi connectivity index (χ4n) is 0.532. The minimum atomic E-state index is -2.78. The van der Waals surface area contributed by atoms with Gasteiger partial charge in [-0.15, -0.1) is 0 Å². The van der Waals surface area contributed by atoms with Crippen molar-refractivity contribution >= 4 is 30.6 Å². The van der Waals surface area contributed by atoms with Gasteiger partial charge in [-0.2, -0.15) is 9.32 Å². The summed E-state index contributed by atoms with van der Waals surface area (Å²) in [6, 6.07) is 0. The van der Waals surface area contributed by atoms with Gasteiger partial charge in [0.2, 0.25) is 12.2 Å². The molecule has 0 saturated carbocycles. The SMILES string of the molecule is C[SiH2]O[Si](C)(N=C=O)N=C=O. The van der Waals surface area contributed by atoms with Crippen molar-refractivity contribution in [3.63, 3.8) is 0 Å². The van der Waals surface area contributed by atoms with Gasteiger partial charge in [-0.05, 0) is 6.55 Å². The molecular weight excluding hydrogens is 180 g/mol. The van der Waals surface area contributed by atoms with Crippen LogP contribution in [0.2, 0.25) is 13.1 Å². The van der Waals surface area contributed by atoms with Crippen LogP contribution in [0.5, 0.6) is 0 Å². The summed E-state index contributed by atoms with van der Waals surface area (Å²) in [7, 11) is -3.50. The van der Waals surface area contributed by atoms with Crippen LogP contribution in [-0.4, -0.2) is 30.6 Å². The Labute approximate surface area is 67.4 Å². The molecule has 7 heteroatoms. The van der Waals surface area contributed by atoms with Crippen molar-refractivity contribution in [2.75, 3.05) is 0 Å². The third-order valence-electron chi connectivity index (χ3n) is 0.924. The summed E-state index contributed by atoms with van der Waals surface area (Å²) in [4.78, 5) is 19.7. The molecule has 0 fully saturated rings. The highest BCUT2D eigenvalue weighted by molar-refractivity contribution is 6.74. The zero-order valence-corrected chi connectivity index (χ0v) is 8.74. The Morgan fingerprint density at radius 2 is 1.82 bits per heavy atom. The quantitative estimate of drug-likeness (QED) is 0.335. The van der Waals surface area contributed by atoms with E-state index in [9.17, 15) is 9.59 Å². The smallest absolute Gasteiger partial charge is 0.428 e. The molecule has 0 rings (SSSR count). The minimum absolute atomic E-state index is 0.714. The molecule has 11 heavy (non-hydrogen) atoms. The van der Waals surface area contributed by atoms with E-state index in [-0.39, 0.29) is 0 Å². The molecular formula is C4H8N2O3Si2. The molecule has 0 aromatic carbocycles. The Bertz CT molecular complexity index is 201. The van der Waals surface area contributed by atoms with Crippen molar-refractivity contribution in [1.82, 2.24) is 0 Å². The molecule has 0 bridgehead atoms. The maximum Gasteiger partial charge on any atom is 0.464 e. The lowest BCUT2D eigenvalue weighted by atomic mass is 11.7. The Morgan fingerprint density at radius 3 is 2.09 bits per heavy atom. The molecule has 0 aliphatic carbocycles. The second kappa shape index (κ2) is 4.89. The van der Waals surface area contributed by atoms with Crippen molar-refractivity contribution in [3.05, 3.63) is 0 Å². The van der Waals surface area contributed by atoms with E-state index in [1.54, 1.807) is 6.55 Å². The largest absolute Gasteiger partial charge is 0.464 e. The molecule has 0 saturated heterocycles. The summed E-state index contributed by atoms with van der Waals surface area (Å²) in [6.45, 7) is 3.41. The molecule has 0 spiro atoms. The first-order chi connectivity index (χ1) is 5.18. The Morgan fingerprint density at radius 1 is 1.36 bits per heavy atom. The number of isocyanates is 2. The second-order valence-corrected chi connectivity index (χ2v) is 5.82. The van der Waals surface area contributed by atoms with Crippen molar-refractivity contribution in [1.29, 1.82) is 0 Å². The van der Waals surface area contributed by atoms with Crippen LogP contribution in [-0.2, 0) is 13.7 Å². The van der Waals surface area contributed by atoms with Crippen molar-refractivity contribution in [3.8, 4) is 0 Å². The third kappa shape index (κ3) is 3.77. The van der Waals surface area contributed by atoms with Gasteiger partial charge in [0.25, 0.3) is 0 Å². The number of hydrogen-bond acceptors (Lipinski definition) is 5. The molecule has 0 atom stereocenters. The van der Waals surface area contributed by atoms with E-state index in [1.807, 2.05) is 6.55 Å². The Balaban J connectivity index is 4.49. The summed E-state index contributed by atoms with van der Waals surface area (Å²) < 4.78 is 11.8. The first-order valence-electron chi connectivity index (χ1n) is 3.00. The van der Waals surface area contributed by atoms with Gasteiger partial charge >= 0.3 is 8.64 Å². The lowest BCUT2D eigenvalue weighted by molar-refractivity contribution is 0.553. The number of carbonyl (C=O) groups excluding carboxylic acids is 2. The van der Waals surface area contributed by atoms with E-state index >= 15 is 0 Å². The van der Waals surface area contributed by atoms with Gasteiger partial charge in [-0.3, -0.25) is 0 Å². The third-order valence-corrected chi connectivity index (χ3v) is 5.28. The van der Waals surface area contributed by atoms with E-state index in [4.69, 9.17) is 4.12 Å². The van der Waals surface area contributed by atoms with Gasteiger partial charge in [0.15, 0.2) is 0 Å². The lowest BCUT2D eigenvalue weighted by Crippen LogP contribution is -2.31. The normalized spacial score (nSPS) is 15.1. The van der Waals surface area contributed by atoms with Crippen LogP contribution >= 0.6 is 0 Å². The predicted octanol–water partition coefficient (Wildman–Crippen LogP) is -0.625. The van der Waals surface area contributed by atoms with Crippen LogP contribution in [0.1, 0.15) is 0 Å². The maximum atomic E-state index is 9.86. The lowest BCUT2D eigenvalue weighted by Gasteiger charge is -2.10. The van der Waals surface area contributed by atoms with Crippen molar-refractivity contribution in [2.45, 2.75) is 13.1 Å². The van der Waals surface area contributed by atoms with E-state index < -0.39 is 18.4 Å². The summed E-state index contributed by atoms with van der Waals surface area (Å²) in [5.74, 6) is 0. The zero-order valence-electron chi connectivity index (χ0n) is 6.33. The molecule has 0 amide bonds. The first kappa shape index (κ1) is 10.2. The van der Waals surface area contributed by atoms with Crippen LogP contribution in [0.3, 0.4) is 0 Å². The maximum absolute atomic E-state index is 9.86. The molecule has 0 N–H and O–H groups in total. The summed E-state index contributed by atoms with van der Waals surface area (Å²) in [6.07, 6.45) is 2.68. The first-order valence-corrected chi connectivity index (χ1v) is 7.30. The van der Waals surface area contributed by atoms with Crippen LogP contribution in [0, 0.1) is 0 Å². The highest BCUT2D eigenvalue weighted by Crippen LogP contribution is 2.04. The van der Waals surface area contributed by atoms with Gasteiger partial charge in [-0.25, -0.2) is 9.59 Å². The van der Waals surface area contributed by atoms with Gasteiger partial charge < -0.3 is 4.12 Å². The van der Waals surface area contributed by atoms with Crippen LogP contribution < -0.4 is 0 Å². The van der Waals surface area contributed by atoms with Crippen LogP contribution in [0.4, 0.5) is 0 Å². The molecule has 0 aliphatic rings. The number of hydrogen-bond donors (Lipinski definition) is 0. The predicted molar refractivity (Wildman–Crippen MR) is 43.4 cm³/mol. The minimum Gasteiger partial charge on any atom is -0.428 e. The van der Waals surface area contributed by atoms with E-state index in [0.29, 0.717) is 0 Å². The zero-order chi connectivity index (χ0) is 8.74. The standard InChI is InChI=1S/C4H8N2O3Si2/c1-10-9-11(2,5-3-7)6-4-8/h10H2,1-2H3. The van der Waals surface area contributed by atoms with Crippen LogP contribution in [0.15, 0.2) is 9.32 Å². The molecule has 5 nitrogen and oxygen atoms in total.